The van der Waals surface area contributed by atoms with Crippen LogP contribution in [0.5, 0.6) is 0 Å². The van der Waals surface area contributed by atoms with E-state index in [9.17, 15) is 8.78 Å². The minimum atomic E-state index is -0.333. The fraction of sp³-hybridized carbons (Fsp3) is 0.571. The molecule has 0 aromatic heterocycles. The first-order valence-corrected chi connectivity index (χ1v) is 6.55. The highest BCUT2D eigenvalue weighted by atomic mass is 19.1. The number of nitrogens with zero attached hydrogens (tertiary/aromatic N) is 1. The van der Waals surface area contributed by atoms with Gasteiger partial charge in [0.15, 0.2) is 0 Å². The van der Waals surface area contributed by atoms with Crippen LogP contribution in [0.15, 0.2) is 12.1 Å². The highest BCUT2D eigenvalue weighted by molar-refractivity contribution is 5.50. The van der Waals surface area contributed by atoms with Crippen molar-refractivity contribution in [2.45, 2.75) is 32.7 Å². The predicted octanol–water partition coefficient (Wildman–Crippen LogP) is 2.85. The van der Waals surface area contributed by atoms with Crippen molar-refractivity contribution in [2.24, 2.45) is 0 Å². The van der Waals surface area contributed by atoms with Gasteiger partial charge in [-0.25, -0.2) is 8.78 Å². The molecular formula is C14H20F2N2. The van der Waals surface area contributed by atoms with E-state index in [1.54, 1.807) is 6.92 Å². The summed E-state index contributed by atoms with van der Waals surface area (Å²) in [5.74, 6) is -0.656. The molecule has 1 aromatic rings. The Morgan fingerprint density at radius 1 is 1.22 bits per heavy atom. The van der Waals surface area contributed by atoms with E-state index in [0.717, 1.165) is 32.5 Å². The Morgan fingerprint density at radius 2 is 1.89 bits per heavy atom. The molecule has 100 valence electrons. The summed E-state index contributed by atoms with van der Waals surface area (Å²) in [5, 5.41) is 3.40. The second-order valence-corrected chi connectivity index (χ2v) is 4.87. The summed E-state index contributed by atoms with van der Waals surface area (Å²) in [4.78, 5) is 1.94. The molecule has 0 radical (unpaired) electrons. The summed E-state index contributed by atoms with van der Waals surface area (Å²) in [7, 11) is 0. The maximum atomic E-state index is 13.8. The van der Waals surface area contributed by atoms with Gasteiger partial charge >= 0.3 is 0 Å². The predicted molar refractivity (Wildman–Crippen MR) is 70.0 cm³/mol. The molecule has 1 aliphatic rings. The van der Waals surface area contributed by atoms with Crippen LogP contribution in [0.4, 0.5) is 14.5 Å². The monoisotopic (exact) mass is 254 g/mol. The Labute approximate surface area is 107 Å². The van der Waals surface area contributed by atoms with E-state index in [1.165, 1.54) is 12.1 Å². The van der Waals surface area contributed by atoms with Crippen molar-refractivity contribution in [1.29, 1.82) is 0 Å². The number of piperidine rings is 1. The first-order chi connectivity index (χ1) is 8.61. The largest absolute Gasteiger partial charge is 0.369 e. The van der Waals surface area contributed by atoms with Crippen molar-refractivity contribution in [3.63, 3.8) is 0 Å². The summed E-state index contributed by atoms with van der Waals surface area (Å²) in [6.45, 7) is 6.17. The molecule has 1 N–H and O–H groups in total. The maximum absolute atomic E-state index is 13.8. The number of aryl methyl sites for hydroxylation is 1. The van der Waals surface area contributed by atoms with Gasteiger partial charge in [-0.1, -0.05) is 6.92 Å². The number of hydrogen-bond acceptors (Lipinski definition) is 2. The second kappa shape index (κ2) is 5.65. The molecule has 0 unspecified atom stereocenters. The highest BCUT2D eigenvalue weighted by Crippen LogP contribution is 2.25. The molecule has 1 saturated heterocycles. The van der Waals surface area contributed by atoms with Gasteiger partial charge in [-0.15, -0.1) is 0 Å². The lowest BCUT2D eigenvalue weighted by atomic mass is 10.0. The molecule has 18 heavy (non-hydrogen) atoms. The highest BCUT2D eigenvalue weighted by Gasteiger charge is 2.21. The minimum absolute atomic E-state index is 0.323. The normalized spacial score (nSPS) is 17.2. The Bertz CT molecular complexity index is 413. The van der Waals surface area contributed by atoms with E-state index >= 15 is 0 Å². The third-order valence-corrected chi connectivity index (χ3v) is 3.56. The van der Waals surface area contributed by atoms with Gasteiger partial charge in [0.25, 0.3) is 0 Å². The number of anilines is 1. The summed E-state index contributed by atoms with van der Waals surface area (Å²) < 4.78 is 27.3. The van der Waals surface area contributed by atoms with Crippen molar-refractivity contribution in [3.8, 4) is 0 Å². The van der Waals surface area contributed by atoms with Crippen LogP contribution in [0.1, 0.15) is 25.3 Å². The van der Waals surface area contributed by atoms with E-state index in [1.807, 2.05) is 4.90 Å². The zero-order valence-electron chi connectivity index (χ0n) is 11.0. The Hall–Kier alpha value is -1.16. The van der Waals surface area contributed by atoms with Crippen LogP contribution < -0.4 is 10.2 Å². The third-order valence-electron chi connectivity index (χ3n) is 3.56. The first kappa shape index (κ1) is 13.3. The van der Waals surface area contributed by atoms with Crippen molar-refractivity contribution >= 4 is 5.69 Å². The topological polar surface area (TPSA) is 15.3 Å². The fourth-order valence-electron chi connectivity index (χ4n) is 2.49. The molecule has 2 rings (SSSR count). The van der Waals surface area contributed by atoms with Crippen LogP contribution in [-0.4, -0.2) is 25.7 Å². The van der Waals surface area contributed by atoms with E-state index in [4.69, 9.17) is 0 Å². The van der Waals surface area contributed by atoms with Crippen molar-refractivity contribution in [2.75, 3.05) is 24.5 Å². The second-order valence-electron chi connectivity index (χ2n) is 4.87. The van der Waals surface area contributed by atoms with Gasteiger partial charge in [-0.2, -0.15) is 0 Å². The molecule has 1 heterocycles. The van der Waals surface area contributed by atoms with Crippen LogP contribution in [-0.2, 0) is 0 Å². The van der Waals surface area contributed by atoms with E-state index in [0.29, 0.717) is 17.3 Å². The smallest absolute Gasteiger partial charge is 0.146 e. The maximum Gasteiger partial charge on any atom is 0.146 e. The molecule has 2 nitrogen and oxygen atoms in total. The summed E-state index contributed by atoms with van der Waals surface area (Å²) in [6.07, 6.45) is 1.95. The average Bonchev–Trinajstić information content (AvgIpc) is 2.35. The molecule has 0 atom stereocenters. The molecule has 0 aliphatic carbocycles. The Balaban J connectivity index is 2.07. The van der Waals surface area contributed by atoms with Gasteiger partial charge in [-0.05, 0) is 37.9 Å². The van der Waals surface area contributed by atoms with Crippen LogP contribution in [0.25, 0.3) is 0 Å². The summed E-state index contributed by atoms with van der Waals surface area (Å²) in [6, 6.07) is 3.10. The Morgan fingerprint density at radius 3 is 2.50 bits per heavy atom. The standard InChI is InChI=1S/C14H20F2N2/c1-3-17-11-4-6-18(7-5-11)14-9-12(15)10(2)8-13(14)16/h8-9,11,17H,3-7H2,1-2H3. The van der Waals surface area contributed by atoms with Crippen molar-refractivity contribution in [1.82, 2.24) is 5.32 Å². The summed E-state index contributed by atoms with van der Waals surface area (Å²) >= 11 is 0. The third kappa shape index (κ3) is 2.80. The first-order valence-electron chi connectivity index (χ1n) is 6.55. The molecule has 1 fully saturated rings. The molecule has 0 saturated carbocycles. The van der Waals surface area contributed by atoms with Gasteiger partial charge in [-0.3, -0.25) is 0 Å². The lowest BCUT2D eigenvalue weighted by molar-refractivity contribution is 0.420. The molecule has 0 amide bonds. The number of hydrogen-bond donors (Lipinski definition) is 1. The van der Waals surface area contributed by atoms with Gasteiger partial charge in [0.2, 0.25) is 0 Å². The van der Waals surface area contributed by atoms with Crippen LogP contribution in [0, 0.1) is 18.6 Å². The number of rotatable bonds is 3. The molecule has 0 spiro atoms. The molecule has 1 aromatic carbocycles. The van der Waals surface area contributed by atoms with Crippen molar-refractivity contribution < 1.29 is 8.78 Å². The SMILES string of the molecule is CCNC1CCN(c2cc(F)c(C)cc2F)CC1. The van der Waals surface area contributed by atoms with E-state index in [2.05, 4.69) is 12.2 Å². The zero-order valence-corrected chi connectivity index (χ0v) is 11.0. The average molecular weight is 254 g/mol. The fourth-order valence-corrected chi connectivity index (χ4v) is 2.49. The van der Waals surface area contributed by atoms with Gasteiger partial charge in [0, 0.05) is 25.2 Å². The van der Waals surface area contributed by atoms with Crippen LogP contribution in [0.2, 0.25) is 0 Å². The molecular weight excluding hydrogens is 234 g/mol. The van der Waals surface area contributed by atoms with Gasteiger partial charge in [0.05, 0.1) is 5.69 Å². The van der Waals surface area contributed by atoms with Crippen molar-refractivity contribution in [3.05, 3.63) is 29.3 Å². The van der Waals surface area contributed by atoms with Crippen LogP contribution >= 0.6 is 0 Å². The lowest BCUT2D eigenvalue weighted by Gasteiger charge is -2.34. The molecule has 1 aliphatic heterocycles. The van der Waals surface area contributed by atoms with Gasteiger partial charge < -0.3 is 10.2 Å². The lowest BCUT2D eigenvalue weighted by Crippen LogP contribution is -2.42. The number of benzene rings is 1. The van der Waals surface area contributed by atoms with Gasteiger partial charge in [0.1, 0.15) is 11.6 Å². The minimum Gasteiger partial charge on any atom is -0.369 e. The zero-order chi connectivity index (χ0) is 13.1. The Kier molecular flexibility index (Phi) is 4.17. The molecule has 4 heteroatoms. The van der Waals surface area contributed by atoms with Crippen LogP contribution in [0.3, 0.4) is 0 Å². The quantitative estimate of drug-likeness (QED) is 0.892. The molecule has 0 bridgehead atoms. The summed E-state index contributed by atoms with van der Waals surface area (Å²) in [5.41, 5.74) is 0.756. The number of halogens is 2. The van der Waals surface area contributed by atoms with E-state index in [-0.39, 0.29) is 11.6 Å². The number of nitrogens with one attached hydrogen (secondary N) is 1. The van der Waals surface area contributed by atoms with E-state index < -0.39 is 0 Å².